The van der Waals surface area contributed by atoms with Crippen molar-refractivity contribution < 1.29 is 0 Å². The molecule has 0 aliphatic heterocycles. The topological polar surface area (TPSA) is 57.4 Å². The summed E-state index contributed by atoms with van der Waals surface area (Å²) in [5.41, 5.74) is 4.45. The fourth-order valence-corrected chi connectivity index (χ4v) is 3.54. The maximum atomic E-state index is 4.65. The van der Waals surface area contributed by atoms with Gasteiger partial charge in [-0.1, -0.05) is 49.9 Å². The predicted molar refractivity (Wildman–Crippen MR) is 115 cm³/mol. The molecule has 0 amide bonds. The fourth-order valence-electron chi connectivity index (χ4n) is 3.54. The number of aryl methyl sites for hydroxylation is 2. The summed E-state index contributed by atoms with van der Waals surface area (Å²) in [6, 6.07) is 16.5. The Morgan fingerprint density at radius 1 is 0.556 bits per heavy atom. The first-order valence-corrected chi connectivity index (χ1v) is 9.76. The van der Waals surface area contributed by atoms with E-state index >= 15 is 0 Å². The van der Waals surface area contributed by atoms with Crippen LogP contribution in [0.15, 0.2) is 48.5 Å². The van der Waals surface area contributed by atoms with Gasteiger partial charge in [0.1, 0.15) is 11.6 Å². The van der Waals surface area contributed by atoms with Crippen molar-refractivity contribution in [1.29, 1.82) is 0 Å². The molecule has 4 nitrogen and oxygen atoms in total. The number of benzene rings is 2. The summed E-state index contributed by atoms with van der Waals surface area (Å²) in [6.45, 7) is 0. The quantitative estimate of drug-likeness (QED) is 0.349. The van der Waals surface area contributed by atoms with E-state index in [2.05, 4.69) is 56.3 Å². The molecule has 5 heteroatoms. The Labute approximate surface area is 166 Å². The molecule has 0 saturated heterocycles. The molecular formula is C22H27ClN4. The molecule has 2 N–H and O–H groups in total. The number of halogens is 1. The molecule has 27 heavy (non-hydrogen) atoms. The maximum absolute atomic E-state index is 4.65. The second kappa shape index (κ2) is 9.56. The first kappa shape index (κ1) is 19.4. The summed E-state index contributed by atoms with van der Waals surface area (Å²) in [6.07, 6.45) is 9.69. The second-order valence-electron chi connectivity index (χ2n) is 7.02. The van der Waals surface area contributed by atoms with Gasteiger partial charge in [0.05, 0.1) is 22.1 Å². The van der Waals surface area contributed by atoms with Crippen molar-refractivity contribution in [2.24, 2.45) is 0 Å². The Bertz CT molecular complexity index is 826. The standard InChI is InChI=1S/C22H26N4.ClH/c1(3-5-15-21-23-17-11-7-8-12-18(17)24-21)2-4-6-16-22-25-19-13-9-10-14-20(19)26-22;/h7-14H,1-6,15-16H2,(H,23,24)(H,25,26);1H. The van der Waals surface area contributed by atoms with Crippen LogP contribution in [-0.4, -0.2) is 19.9 Å². The highest BCUT2D eigenvalue weighted by molar-refractivity contribution is 5.85. The van der Waals surface area contributed by atoms with Crippen LogP contribution in [0.4, 0.5) is 0 Å². The normalized spacial score (nSPS) is 11.1. The zero-order chi connectivity index (χ0) is 17.6. The van der Waals surface area contributed by atoms with Gasteiger partial charge in [0.25, 0.3) is 0 Å². The van der Waals surface area contributed by atoms with Crippen molar-refractivity contribution >= 4 is 34.5 Å². The summed E-state index contributed by atoms with van der Waals surface area (Å²) in [7, 11) is 0. The van der Waals surface area contributed by atoms with Gasteiger partial charge in [-0.05, 0) is 37.1 Å². The largest absolute Gasteiger partial charge is 0.342 e. The van der Waals surface area contributed by atoms with E-state index in [1.165, 1.54) is 38.5 Å². The lowest BCUT2D eigenvalue weighted by Gasteiger charge is -2.00. The van der Waals surface area contributed by atoms with Crippen LogP contribution in [-0.2, 0) is 12.8 Å². The van der Waals surface area contributed by atoms with E-state index in [-0.39, 0.29) is 12.4 Å². The second-order valence-corrected chi connectivity index (χ2v) is 7.02. The summed E-state index contributed by atoms with van der Waals surface area (Å²) >= 11 is 0. The SMILES string of the molecule is Cl.c1ccc2[nH]c(CCCCCCCCc3nc4ccccc4[nH]3)nc2c1. The minimum absolute atomic E-state index is 0. The van der Waals surface area contributed by atoms with Gasteiger partial charge in [-0.25, -0.2) is 9.97 Å². The van der Waals surface area contributed by atoms with Gasteiger partial charge in [-0.15, -0.1) is 12.4 Å². The van der Waals surface area contributed by atoms with E-state index in [9.17, 15) is 0 Å². The van der Waals surface area contributed by atoms with E-state index in [4.69, 9.17) is 0 Å². The van der Waals surface area contributed by atoms with E-state index in [1.54, 1.807) is 0 Å². The van der Waals surface area contributed by atoms with Gasteiger partial charge >= 0.3 is 0 Å². The summed E-state index contributed by atoms with van der Waals surface area (Å²) in [5.74, 6) is 2.24. The number of para-hydroxylation sites is 4. The van der Waals surface area contributed by atoms with Crippen molar-refractivity contribution in [3.63, 3.8) is 0 Å². The lowest BCUT2D eigenvalue weighted by atomic mass is 10.1. The van der Waals surface area contributed by atoms with E-state index in [1.807, 2.05) is 12.1 Å². The third kappa shape index (κ3) is 5.10. The van der Waals surface area contributed by atoms with Gasteiger partial charge in [0, 0.05) is 12.8 Å². The van der Waals surface area contributed by atoms with Crippen LogP contribution in [0, 0.1) is 0 Å². The van der Waals surface area contributed by atoms with Gasteiger partial charge in [0.2, 0.25) is 0 Å². The Hall–Kier alpha value is -2.33. The van der Waals surface area contributed by atoms with Crippen molar-refractivity contribution in [3.8, 4) is 0 Å². The number of aromatic amines is 2. The maximum Gasteiger partial charge on any atom is 0.107 e. The minimum Gasteiger partial charge on any atom is -0.342 e. The monoisotopic (exact) mass is 382 g/mol. The Morgan fingerprint density at radius 3 is 1.41 bits per heavy atom. The van der Waals surface area contributed by atoms with Crippen LogP contribution in [0.25, 0.3) is 22.1 Å². The average molecular weight is 383 g/mol. The lowest BCUT2D eigenvalue weighted by Crippen LogP contribution is -1.90. The fraction of sp³-hybridized carbons (Fsp3) is 0.364. The summed E-state index contributed by atoms with van der Waals surface area (Å²) in [5, 5.41) is 0. The van der Waals surface area contributed by atoms with Crippen LogP contribution < -0.4 is 0 Å². The first-order valence-electron chi connectivity index (χ1n) is 9.76. The molecule has 0 aliphatic carbocycles. The number of imidazole rings is 2. The van der Waals surface area contributed by atoms with Crippen LogP contribution in [0.1, 0.15) is 50.2 Å². The molecule has 0 unspecified atom stereocenters. The number of fused-ring (bicyclic) bond motifs is 2. The van der Waals surface area contributed by atoms with E-state index < -0.39 is 0 Å². The number of aromatic nitrogens is 4. The molecule has 0 atom stereocenters. The van der Waals surface area contributed by atoms with Crippen molar-refractivity contribution in [1.82, 2.24) is 19.9 Å². The van der Waals surface area contributed by atoms with Gasteiger partial charge in [-0.2, -0.15) is 0 Å². The predicted octanol–water partition coefficient (Wildman–Crippen LogP) is 5.99. The van der Waals surface area contributed by atoms with Crippen LogP contribution in [0.2, 0.25) is 0 Å². The van der Waals surface area contributed by atoms with Crippen molar-refractivity contribution in [2.75, 3.05) is 0 Å². The Kier molecular flexibility index (Phi) is 6.88. The van der Waals surface area contributed by atoms with Gasteiger partial charge in [0.15, 0.2) is 0 Å². The molecule has 0 radical (unpaired) electrons. The Balaban J connectivity index is 0.00000210. The third-order valence-electron chi connectivity index (χ3n) is 4.95. The number of hydrogen-bond acceptors (Lipinski definition) is 2. The highest BCUT2D eigenvalue weighted by Gasteiger charge is 2.03. The van der Waals surface area contributed by atoms with Gasteiger partial charge < -0.3 is 9.97 Å². The summed E-state index contributed by atoms with van der Waals surface area (Å²) < 4.78 is 0. The molecule has 0 bridgehead atoms. The molecule has 0 saturated carbocycles. The molecule has 2 aromatic heterocycles. The van der Waals surface area contributed by atoms with Crippen LogP contribution in [0.3, 0.4) is 0 Å². The molecule has 2 aromatic carbocycles. The number of rotatable bonds is 9. The molecule has 0 fully saturated rings. The molecule has 0 spiro atoms. The van der Waals surface area contributed by atoms with Crippen LogP contribution in [0.5, 0.6) is 0 Å². The van der Waals surface area contributed by atoms with Gasteiger partial charge in [-0.3, -0.25) is 0 Å². The van der Waals surface area contributed by atoms with Crippen LogP contribution >= 0.6 is 12.4 Å². The zero-order valence-corrected chi connectivity index (χ0v) is 16.4. The minimum atomic E-state index is 0. The zero-order valence-electron chi connectivity index (χ0n) is 15.6. The van der Waals surface area contributed by atoms with E-state index in [0.29, 0.717) is 0 Å². The van der Waals surface area contributed by atoms with Crippen molar-refractivity contribution in [2.45, 2.75) is 51.4 Å². The average Bonchev–Trinajstić information content (AvgIpc) is 3.26. The number of unbranched alkanes of at least 4 members (excludes halogenated alkanes) is 5. The number of nitrogens with zero attached hydrogens (tertiary/aromatic N) is 2. The first-order chi connectivity index (χ1) is 12.9. The van der Waals surface area contributed by atoms with Crippen molar-refractivity contribution in [3.05, 3.63) is 60.2 Å². The highest BCUT2D eigenvalue weighted by Crippen LogP contribution is 2.15. The summed E-state index contributed by atoms with van der Waals surface area (Å²) in [4.78, 5) is 16.1. The molecule has 142 valence electrons. The smallest absolute Gasteiger partial charge is 0.107 e. The molecule has 4 rings (SSSR count). The number of nitrogens with one attached hydrogen (secondary N) is 2. The Morgan fingerprint density at radius 2 is 0.963 bits per heavy atom. The third-order valence-corrected chi connectivity index (χ3v) is 4.95. The molecule has 4 aromatic rings. The molecular weight excluding hydrogens is 356 g/mol. The number of hydrogen-bond donors (Lipinski definition) is 2. The highest BCUT2D eigenvalue weighted by atomic mass is 35.5. The lowest BCUT2D eigenvalue weighted by molar-refractivity contribution is 0.586. The van der Waals surface area contributed by atoms with E-state index in [0.717, 1.165) is 46.6 Å². The molecule has 2 heterocycles. The number of H-pyrrole nitrogens is 2. The molecule has 0 aliphatic rings.